The van der Waals surface area contributed by atoms with E-state index in [0.29, 0.717) is 21.2 Å². The van der Waals surface area contributed by atoms with E-state index in [1.165, 1.54) is 6.07 Å². The van der Waals surface area contributed by atoms with Gasteiger partial charge in [-0.15, -0.1) is 0 Å². The van der Waals surface area contributed by atoms with Gasteiger partial charge in [-0.05, 0) is 47.2 Å². The minimum atomic E-state index is -4.67. The number of carbonyl (C=O) groups excluding carboxylic acids is 3. The summed E-state index contributed by atoms with van der Waals surface area (Å²) in [6, 6.07) is 24.0. The van der Waals surface area contributed by atoms with Gasteiger partial charge in [-0.1, -0.05) is 77.7 Å². The number of nitrogens with one attached hydrogen (secondary N) is 2. The molecule has 3 atom stereocenters. The lowest BCUT2D eigenvalue weighted by Crippen LogP contribution is -2.32. The van der Waals surface area contributed by atoms with E-state index in [1.807, 2.05) is 36.4 Å². The van der Waals surface area contributed by atoms with Crippen LogP contribution >= 0.6 is 23.1 Å². The Kier molecular flexibility index (Phi) is 7.44. The molecular formula is C33H22F3N3O5S2. The van der Waals surface area contributed by atoms with E-state index in [9.17, 15) is 32.3 Å². The summed E-state index contributed by atoms with van der Waals surface area (Å²) in [5, 5.41) is 4.17. The highest BCUT2D eigenvalue weighted by atomic mass is 32.2. The van der Waals surface area contributed by atoms with Gasteiger partial charge in [-0.25, -0.2) is 4.90 Å². The average molecular weight is 662 g/mol. The summed E-state index contributed by atoms with van der Waals surface area (Å²) in [6.07, 6.45) is -4.67. The molecule has 3 amide bonds. The lowest BCUT2D eigenvalue weighted by molar-refractivity contribution is -0.137. The zero-order valence-corrected chi connectivity index (χ0v) is 25.2. The van der Waals surface area contributed by atoms with Gasteiger partial charge in [-0.3, -0.25) is 19.2 Å². The van der Waals surface area contributed by atoms with Crippen LogP contribution in [-0.2, 0) is 20.6 Å². The van der Waals surface area contributed by atoms with Gasteiger partial charge in [0.25, 0.3) is 5.91 Å². The summed E-state index contributed by atoms with van der Waals surface area (Å²) in [6.45, 7) is -0.376. The summed E-state index contributed by atoms with van der Waals surface area (Å²) in [5.41, 5.74) is -0.141. The van der Waals surface area contributed by atoms with Crippen molar-refractivity contribution in [2.75, 3.05) is 16.8 Å². The van der Waals surface area contributed by atoms with Crippen LogP contribution in [0.1, 0.15) is 21.9 Å². The second-order valence-electron chi connectivity index (χ2n) is 10.7. The van der Waals surface area contributed by atoms with Crippen LogP contribution in [0, 0.1) is 5.92 Å². The monoisotopic (exact) mass is 661 g/mol. The first kappa shape index (κ1) is 29.8. The third-order valence-corrected chi connectivity index (χ3v) is 10.3. The normalized spacial score (nSPS) is 19.2. The molecule has 0 aliphatic carbocycles. The summed E-state index contributed by atoms with van der Waals surface area (Å²) in [7, 11) is 0. The highest BCUT2D eigenvalue weighted by Gasteiger charge is 2.57. The zero-order valence-electron chi connectivity index (χ0n) is 23.5. The molecule has 1 saturated heterocycles. The first-order chi connectivity index (χ1) is 22.1. The second kappa shape index (κ2) is 11.5. The molecule has 46 heavy (non-hydrogen) atoms. The lowest BCUT2D eigenvalue weighted by atomic mass is 9.82. The van der Waals surface area contributed by atoms with Crippen molar-refractivity contribution in [2.45, 2.75) is 22.4 Å². The molecule has 0 spiro atoms. The largest absolute Gasteiger partial charge is 0.483 e. The van der Waals surface area contributed by atoms with Crippen LogP contribution in [0.25, 0.3) is 10.8 Å². The Morgan fingerprint density at radius 3 is 2.46 bits per heavy atom. The number of halogens is 3. The minimum Gasteiger partial charge on any atom is -0.483 e. The Morgan fingerprint density at radius 1 is 0.891 bits per heavy atom. The first-order valence-corrected chi connectivity index (χ1v) is 15.7. The topological polar surface area (TPSA) is 109 Å². The van der Waals surface area contributed by atoms with Gasteiger partial charge < -0.3 is 15.0 Å². The van der Waals surface area contributed by atoms with Crippen LogP contribution in [0.2, 0.25) is 0 Å². The molecule has 2 aliphatic rings. The maximum absolute atomic E-state index is 14.0. The number of carbonyl (C=O) groups is 3. The number of nitrogens with zero attached hydrogens (tertiary/aromatic N) is 1. The van der Waals surface area contributed by atoms with E-state index < -0.39 is 46.5 Å². The Labute approximate surface area is 267 Å². The molecule has 4 aromatic carbocycles. The van der Waals surface area contributed by atoms with Crippen LogP contribution < -0.4 is 19.8 Å². The van der Waals surface area contributed by atoms with Gasteiger partial charge >= 0.3 is 11.0 Å². The SMILES string of the molecule is O=C(COc1ccccc1C1c2sc(=O)[nH]c2SC2C(=O)N(c3cccc(C(F)(F)F)c3)C(=O)C21)Nc1ccc2ccccc2c1. The predicted octanol–water partition coefficient (Wildman–Crippen LogP) is 6.42. The summed E-state index contributed by atoms with van der Waals surface area (Å²) in [5.74, 6) is -3.45. The van der Waals surface area contributed by atoms with Gasteiger partial charge in [0.05, 0.1) is 22.2 Å². The Morgan fingerprint density at radius 2 is 1.65 bits per heavy atom. The Balaban J connectivity index is 1.20. The second-order valence-corrected chi connectivity index (χ2v) is 12.9. The summed E-state index contributed by atoms with van der Waals surface area (Å²) < 4.78 is 46.5. The van der Waals surface area contributed by atoms with Gasteiger partial charge in [0.2, 0.25) is 11.8 Å². The van der Waals surface area contributed by atoms with Crippen LogP contribution in [0.15, 0.2) is 101 Å². The number of rotatable bonds is 6. The summed E-state index contributed by atoms with van der Waals surface area (Å²) in [4.78, 5) is 56.7. The molecule has 1 aromatic heterocycles. The number of aromatic nitrogens is 1. The van der Waals surface area contributed by atoms with Crippen LogP contribution in [0.3, 0.4) is 0 Å². The molecule has 2 N–H and O–H groups in total. The van der Waals surface area contributed by atoms with Crippen LogP contribution in [-0.4, -0.2) is 34.6 Å². The molecule has 2 aliphatic heterocycles. The number of para-hydroxylation sites is 1. The van der Waals surface area contributed by atoms with Crippen molar-refractivity contribution in [3.63, 3.8) is 0 Å². The third kappa shape index (κ3) is 5.35. The maximum Gasteiger partial charge on any atom is 0.416 e. The molecule has 0 bridgehead atoms. The van der Waals surface area contributed by atoms with Crippen LogP contribution in [0.5, 0.6) is 5.75 Å². The molecule has 8 nitrogen and oxygen atoms in total. The molecule has 1 fully saturated rings. The quantitative estimate of drug-likeness (QED) is 0.203. The molecule has 0 radical (unpaired) electrons. The molecule has 13 heteroatoms. The van der Waals surface area contributed by atoms with Crippen molar-refractivity contribution in [3.05, 3.63) is 117 Å². The number of benzene rings is 4. The fourth-order valence-corrected chi connectivity index (χ4v) is 8.41. The van der Waals surface area contributed by atoms with Crippen molar-refractivity contribution in [2.24, 2.45) is 5.92 Å². The number of thiazole rings is 1. The number of ether oxygens (including phenoxy) is 1. The number of hydrogen-bond acceptors (Lipinski definition) is 7. The highest BCUT2D eigenvalue weighted by molar-refractivity contribution is 8.00. The van der Waals surface area contributed by atoms with Crippen molar-refractivity contribution in [3.8, 4) is 5.75 Å². The van der Waals surface area contributed by atoms with E-state index >= 15 is 0 Å². The molecule has 3 unspecified atom stereocenters. The highest BCUT2D eigenvalue weighted by Crippen LogP contribution is 2.54. The number of hydrogen-bond donors (Lipinski definition) is 2. The van der Waals surface area contributed by atoms with Crippen molar-refractivity contribution in [1.82, 2.24) is 4.98 Å². The van der Waals surface area contributed by atoms with Gasteiger partial charge in [0, 0.05) is 22.0 Å². The van der Waals surface area contributed by atoms with Gasteiger partial charge in [0.1, 0.15) is 11.0 Å². The Bertz CT molecular complexity index is 2090. The standard InChI is InChI=1S/C33H22F3N3O5S2/c34-33(35,36)19-8-5-9-21(15-19)39-30(41)26-25(27-29(38-32(43)46-27)45-28(26)31(39)42)22-10-3-4-11-23(22)44-16-24(40)37-20-13-12-17-6-1-2-7-18(17)14-20/h1-15,25-26,28H,16H2,(H,37,40)(H,38,43). The van der Waals surface area contributed by atoms with Gasteiger partial charge in [-0.2, -0.15) is 13.2 Å². The maximum atomic E-state index is 14.0. The number of anilines is 2. The molecule has 232 valence electrons. The van der Waals surface area contributed by atoms with Crippen molar-refractivity contribution >= 4 is 63.0 Å². The smallest absolute Gasteiger partial charge is 0.416 e. The van der Waals surface area contributed by atoms with E-state index in [1.54, 1.807) is 30.3 Å². The zero-order chi connectivity index (χ0) is 32.2. The molecule has 0 saturated carbocycles. The van der Waals surface area contributed by atoms with E-state index in [0.717, 1.165) is 57.0 Å². The number of fused-ring (bicyclic) bond motifs is 3. The fourth-order valence-electron chi connectivity index (χ4n) is 5.90. The van der Waals surface area contributed by atoms with Gasteiger partial charge in [0.15, 0.2) is 6.61 Å². The number of H-pyrrole nitrogens is 1. The van der Waals surface area contributed by atoms with Crippen molar-refractivity contribution in [1.29, 1.82) is 0 Å². The fraction of sp³-hybridized carbons (Fsp3) is 0.152. The minimum absolute atomic E-state index is 0.190. The molecule has 3 heterocycles. The van der Waals surface area contributed by atoms with Crippen LogP contribution in [0.4, 0.5) is 24.5 Å². The van der Waals surface area contributed by atoms with Crippen molar-refractivity contribution < 1.29 is 32.3 Å². The first-order valence-electron chi connectivity index (χ1n) is 14.0. The number of thioether (sulfide) groups is 1. The predicted molar refractivity (Wildman–Crippen MR) is 168 cm³/mol. The average Bonchev–Trinajstić information content (AvgIpc) is 3.53. The third-order valence-electron chi connectivity index (χ3n) is 7.90. The van der Waals surface area contributed by atoms with E-state index in [-0.39, 0.29) is 22.9 Å². The lowest BCUT2D eigenvalue weighted by Gasteiger charge is -2.30. The number of imide groups is 1. The molecule has 7 rings (SSSR count). The number of aromatic amines is 1. The summed E-state index contributed by atoms with van der Waals surface area (Å²) >= 11 is 1.89. The number of alkyl halides is 3. The molecule has 5 aromatic rings. The number of amides is 3. The Hall–Kier alpha value is -4.88. The molecular weight excluding hydrogens is 640 g/mol. The van der Waals surface area contributed by atoms with E-state index in [4.69, 9.17) is 4.74 Å². The van der Waals surface area contributed by atoms with E-state index in [2.05, 4.69) is 10.3 Å².